The number of hydrogen-bond donors (Lipinski definition) is 1. The Balaban J connectivity index is 1.35. The molecule has 2 aliphatic rings. The molecule has 2 heterocycles. The van der Waals surface area contributed by atoms with Crippen LogP contribution < -0.4 is 10.1 Å². The molecule has 6 nitrogen and oxygen atoms in total. The fraction of sp³-hybridized carbons (Fsp3) is 0.409. The number of nitrogens with zero attached hydrogens (tertiary/aromatic N) is 2. The molecule has 28 heavy (non-hydrogen) atoms. The number of piperidine rings is 1. The predicted octanol–water partition coefficient (Wildman–Crippen LogP) is 3.05. The second-order valence-corrected chi connectivity index (χ2v) is 7.45. The Kier molecular flexibility index (Phi) is 5.55. The molecule has 1 N–H and O–H groups in total. The van der Waals surface area contributed by atoms with E-state index in [0.717, 1.165) is 25.7 Å². The molecule has 0 bridgehead atoms. The lowest BCUT2D eigenvalue weighted by molar-refractivity contribution is 0.0593. The van der Waals surface area contributed by atoms with Crippen molar-refractivity contribution in [2.24, 2.45) is 0 Å². The van der Waals surface area contributed by atoms with Crippen LogP contribution in [0.1, 0.15) is 52.8 Å². The fourth-order valence-corrected chi connectivity index (χ4v) is 3.60. The van der Waals surface area contributed by atoms with E-state index < -0.39 is 0 Å². The summed E-state index contributed by atoms with van der Waals surface area (Å²) >= 11 is 0. The van der Waals surface area contributed by atoms with Gasteiger partial charge in [-0.2, -0.15) is 0 Å². The largest absolute Gasteiger partial charge is 0.489 e. The molecule has 2 aromatic rings. The highest BCUT2D eigenvalue weighted by atomic mass is 16.5. The molecule has 1 saturated heterocycles. The number of carbonyl (C=O) groups excluding carboxylic acids is 2. The van der Waals surface area contributed by atoms with E-state index in [2.05, 4.69) is 10.3 Å². The zero-order valence-electron chi connectivity index (χ0n) is 15.8. The first-order valence-electron chi connectivity index (χ1n) is 9.96. The standard InChI is InChI=1S/C22H25N3O3/c26-21(24-17-6-3-7-17)19-8-1-2-9-20(19)28-18-10-13-25(14-11-18)22(27)16-5-4-12-23-15-16/h1-2,4-5,8-9,12,15,17-18H,3,6-7,10-11,13-14H2,(H,24,26). The molecule has 1 aromatic carbocycles. The van der Waals surface area contributed by atoms with Crippen LogP contribution in [0.15, 0.2) is 48.8 Å². The molecule has 146 valence electrons. The van der Waals surface area contributed by atoms with Gasteiger partial charge < -0.3 is 15.0 Å². The molecule has 1 aromatic heterocycles. The monoisotopic (exact) mass is 379 g/mol. The van der Waals surface area contributed by atoms with Crippen LogP contribution in [0.3, 0.4) is 0 Å². The van der Waals surface area contributed by atoms with Crippen molar-refractivity contribution in [3.8, 4) is 5.75 Å². The quantitative estimate of drug-likeness (QED) is 0.867. The molecule has 0 spiro atoms. The molecule has 1 aliphatic carbocycles. The predicted molar refractivity (Wildman–Crippen MR) is 105 cm³/mol. The van der Waals surface area contributed by atoms with Crippen molar-refractivity contribution in [1.82, 2.24) is 15.2 Å². The van der Waals surface area contributed by atoms with Gasteiger partial charge in [0, 0.05) is 44.4 Å². The lowest BCUT2D eigenvalue weighted by Gasteiger charge is -2.32. The van der Waals surface area contributed by atoms with Gasteiger partial charge in [0.05, 0.1) is 11.1 Å². The molecule has 1 saturated carbocycles. The van der Waals surface area contributed by atoms with Crippen LogP contribution in [0.2, 0.25) is 0 Å². The Morgan fingerprint density at radius 3 is 2.50 bits per heavy atom. The zero-order chi connectivity index (χ0) is 19.3. The topological polar surface area (TPSA) is 71.5 Å². The highest BCUT2D eigenvalue weighted by molar-refractivity contribution is 5.97. The van der Waals surface area contributed by atoms with Gasteiger partial charge in [-0.15, -0.1) is 0 Å². The highest BCUT2D eigenvalue weighted by Gasteiger charge is 2.27. The van der Waals surface area contributed by atoms with Gasteiger partial charge in [-0.3, -0.25) is 14.6 Å². The van der Waals surface area contributed by atoms with Crippen LogP contribution in [-0.4, -0.2) is 46.9 Å². The van der Waals surface area contributed by atoms with Gasteiger partial charge in [0.25, 0.3) is 11.8 Å². The third kappa shape index (κ3) is 4.16. The SMILES string of the molecule is O=C(NC1CCC1)c1ccccc1OC1CCN(C(=O)c2cccnc2)CC1. The lowest BCUT2D eigenvalue weighted by atomic mass is 9.93. The Bertz CT molecular complexity index is 828. The van der Waals surface area contributed by atoms with E-state index in [-0.39, 0.29) is 17.9 Å². The highest BCUT2D eigenvalue weighted by Crippen LogP contribution is 2.25. The molecule has 0 unspecified atom stereocenters. The van der Waals surface area contributed by atoms with E-state index in [4.69, 9.17) is 4.74 Å². The van der Waals surface area contributed by atoms with E-state index in [1.54, 1.807) is 24.5 Å². The number of nitrogens with one attached hydrogen (secondary N) is 1. The first-order valence-corrected chi connectivity index (χ1v) is 9.96. The molecular formula is C22H25N3O3. The summed E-state index contributed by atoms with van der Waals surface area (Å²) in [6, 6.07) is 11.3. The number of aromatic nitrogens is 1. The maximum absolute atomic E-state index is 12.6. The molecule has 4 rings (SSSR count). The minimum atomic E-state index is -0.0653. The average molecular weight is 379 g/mol. The normalized spacial score (nSPS) is 17.6. The molecule has 2 fully saturated rings. The average Bonchev–Trinajstić information content (AvgIpc) is 2.72. The van der Waals surface area contributed by atoms with Crippen molar-refractivity contribution in [1.29, 1.82) is 0 Å². The van der Waals surface area contributed by atoms with E-state index in [9.17, 15) is 9.59 Å². The number of benzene rings is 1. The van der Waals surface area contributed by atoms with Crippen molar-refractivity contribution in [3.05, 3.63) is 59.9 Å². The van der Waals surface area contributed by atoms with Crippen LogP contribution in [0.5, 0.6) is 5.75 Å². The van der Waals surface area contributed by atoms with Crippen molar-refractivity contribution in [3.63, 3.8) is 0 Å². The summed E-state index contributed by atoms with van der Waals surface area (Å²) in [5, 5.41) is 3.07. The van der Waals surface area contributed by atoms with Crippen LogP contribution >= 0.6 is 0 Å². The molecule has 1 aliphatic heterocycles. The summed E-state index contributed by atoms with van der Waals surface area (Å²) in [6.07, 6.45) is 8.03. The summed E-state index contributed by atoms with van der Waals surface area (Å²) < 4.78 is 6.16. The first kappa shape index (κ1) is 18.5. The summed E-state index contributed by atoms with van der Waals surface area (Å²) in [5.74, 6) is 0.563. The number of carbonyl (C=O) groups is 2. The van der Waals surface area contributed by atoms with Gasteiger partial charge in [-0.1, -0.05) is 12.1 Å². The van der Waals surface area contributed by atoms with Gasteiger partial charge in [0.2, 0.25) is 0 Å². The smallest absolute Gasteiger partial charge is 0.255 e. The second-order valence-electron chi connectivity index (χ2n) is 7.45. The maximum Gasteiger partial charge on any atom is 0.255 e. The Morgan fingerprint density at radius 1 is 1.04 bits per heavy atom. The fourth-order valence-electron chi connectivity index (χ4n) is 3.60. The van der Waals surface area contributed by atoms with E-state index >= 15 is 0 Å². The Hall–Kier alpha value is -2.89. The van der Waals surface area contributed by atoms with Gasteiger partial charge in [-0.25, -0.2) is 0 Å². The summed E-state index contributed by atoms with van der Waals surface area (Å²) in [4.78, 5) is 31.0. The summed E-state index contributed by atoms with van der Waals surface area (Å²) in [5.41, 5.74) is 1.20. The molecular weight excluding hydrogens is 354 g/mol. The third-order valence-corrected chi connectivity index (χ3v) is 5.50. The lowest BCUT2D eigenvalue weighted by Crippen LogP contribution is -2.42. The van der Waals surface area contributed by atoms with Crippen LogP contribution in [-0.2, 0) is 0 Å². The zero-order valence-corrected chi connectivity index (χ0v) is 15.8. The maximum atomic E-state index is 12.6. The van der Waals surface area contributed by atoms with Crippen molar-refractivity contribution >= 4 is 11.8 Å². The minimum absolute atomic E-state index is 0.00407. The molecule has 6 heteroatoms. The number of likely N-dealkylation sites (tertiary alicyclic amines) is 1. The molecule has 0 radical (unpaired) electrons. The van der Waals surface area contributed by atoms with E-state index in [0.29, 0.717) is 36.0 Å². The van der Waals surface area contributed by atoms with Crippen molar-refractivity contribution in [2.45, 2.75) is 44.2 Å². The third-order valence-electron chi connectivity index (χ3n) is 5.50. The summed E-state index contributed by atoms with van der Waals surface area (Å²) in [7, 11) is 0. The van der Waals surface area contributed by atoms with Crippen LogP contribution in [0.25, 0.3) is 0 Å². The number of para-hydroxylation sites is 1. The van der Waals surface area contributed by atoms with Crippen molar-refractivity contribution < 1.29 is 14.3 Å². The number of rotatable bonds is 5. The van der Waals surface area contributed by atoms with Gasteiger partial charge in [-0.05, 0) is 43.5 Å². The van der Waals surface area contributed by atoms with E-state index in [1.165, 1.54) is 6.42 Å². The minimum Gasteiger partial charge on any atom is -0.489 e. The molecule has 2 amide bonds. The number of ether oxygens (including phenoxy) is 1. The second kappa shape index (κ2) is 8.42. The van der Waals surface area contributed by atoms with Crippen molar-refractivity contribution in [2.75, 3.05) is 13.1 Å². The summed E-state index contributed by atoms with van der Waals surface area (Å²) in [6.45, 7) is 1.27. The van der Waals surface area contributed by atoms with E-state index in [1.807, 2.05) is 29.2 Å². The Labute approximate surface area is 164 Å². The number of pyridine rings is 1. The van der Waals surface area contributed by atoms with Crippen LogP contribution in [0.4, 0.5) is 0 Å². The number of amides is 2. The van der Waals surface area contributed by atoms with Crippen LogP contribution in [0, 0.1) is 0 Å². The van der Waals surface area contributed by atoms with Gasteiger partial charge in [0.1, 0.15) is 11.9 Å². The molecule has 0 atom stereocenters. The number of hydrogen-bond acceptors (Lipinski definition) is 4. The first-order chi connectivity index (χ1) is 13.7. The van der Waals surface area contributed by atoms with Gasteiger partial charge in [0.15, 0.2) is 0 Å². The van der Waals surface area contributed by atoms with Gasteiger partial charge >= 0.3 is 0 Å². The Morgan fingerprint density at radius 2 is 1.82 bits per heavy atom.